The summed E-state index contributed by atoms with van der Waals surface area (Å²) in [6.07, 6.45) is 6.05. The zero-order chi connectivity index (χ0) is 12.8. The lowest BCUT2D eigenvalue weighted by Gasteiger charge is -2.15. The molecule has 0 spiro atoms. The number of rotatable bonds is 5. The molecule has 90 valence electrons. The van der Waals surface area contributed by atoms with E-state index in [9.17, 15) is 4.79 Å². The maximum absolute atomic E-state index is 11.0. The van der Waals surface area contributed by atoms with Crippen LogP contribution >= 0.6 is 0 Å². The third-order valence-corrected chi connectivity index (χ3v) is 2.40. The van der Waals surface area contributed by atoms with Crippen LogP contribution in [0.15, 0.2) is 18.2 Å². The molecular formula is C13H15NO3. The van der Waals surface area contributed by atoms with Crippen molar-refractivity contribution in [3.05, 3.63) is 23.8 Å². The van der Waals surface area contributed by atoms with Gasteiger partial charge >= 0.3 is 5.97 Å². The fourth-order valence-corrected chi connectivity index (χ4v) is 1.41. The van der Waals surface area contributed by atoms with Gasteiger partial charge in [0.05, 0.1) is 24.4 Å². The van der Waals surface area contributed by atoms with Crippen molar-refractivity contribution < 1.29 is 14.6 Å². The second kappa shape index (κ2) is 5.80. The highest BCUT2D eigenvalue weighted by molar-refractivity contribution is 5.94. The van der Waals surface area contributed by atoms with E-state index in [0.717, 1.165) is 0 Å². The molecule has 1 aromatic rings. The van der Waals surface area contributed by atoms with E-state index in [2.05, 4.69) is 11.2 Å². The monoisotopic (exact) mass is 233 g/mol. The molecule has 17 heavy (non-hydrogen) atoms. The smallest absolute Gasteiger partial charge is 0.337 e. The number of terminal acetylenes is 1. The predicted molar refractivity (Wildman–Crippen MR) is 66.5 cm³/mol. The van der Waals surface area contributed by atoms with Crippen molar-refractivity contribution >= 4 is 11.7 Å². The van der Waals surface area contributed by atoms with Gasteiger partial charge in [-0.1, -0.05) is 12.8 Å². The molecule has 0 radical (unpaired) electrons. The predicted octanol–water partition coefficient (Wildman–Crippen LogP) is 2.22. The molecule has 4 heteroatoms. The SMILES string of the molecule is C#CC(CC)Nc1cc(OC)ccc1C(=O)O. The molecule has 0 aliphatic rings. The summed E-state index contributed by atoms with van der Waals surface area (Å²) in [6.45, 7) is 1.93. The van der Waals surface area contributed by atoms with Crippen LogP contribution in [0.4, 0.5) is 5.69 Å². The minimum Gasteiger partial charge on any atom is -0.497 e. The first-order valence-electron chi connectivity index (χ1n) is 5.26. The van der Waals surface area contributed by atoms with Gasteiger partial charge in [0.2, 0.25) is 0 Å². The molecule has 0 heterocycles. The lowest BCUT2D eigenvalue weighted by molar-refractivity contribution is 0.0698. The Hall–Kier alpha value is -2.15. The second-order valence-electron chi connectivity index (χ2n) is 3.49. The van der Waals surface area contributed by atoms with E-state index in [1.807, 2.05) is 6.92 Å². The number of aromatic carboxylic acids is 1. The third-order valence-electron chi connectivity index (χ3n) is 2.40. The average molecular weight is 233 g/mol. The summed E-state index contributed by atoms with van der Waals surface area (Å²) in [7, 11) is 1.53. The first-order valence-corrected chi connectivity index (χ1v) is 5.26. The second-order valence-corrected chi connectivity index (χ2v) is 3.49. The van der Waals surface area contributed by atoms with Crippen LogP contribution in [0.25, 0.3) is 0 Å². The fraction of sp³-hybridized carbons (Fsp3) is 0.308. The van der Waals surface area contributed by atoms with E-state index >= 15 is 0 Å². The van der Waals surface area contributed by atoms with Gasteiger partial charge < -0.3 is 15.2 Å². The lowest BCUT2D eigenvalue weighted by Crippen LogP contribution is -2.18. The number of carbonyl (C=O) groups is 1. The topological polar surface area (TPSA) is 58.6 Å². The molecule has 4 nitrogen and oxygen atoms in total. The minimum absolute atomic E-state index is 0.180. The van der Waals surface area contributed by atoms with E-state index in [4.69, 9.17) is 16.3 Å². The van der Waals surface area contributed by atoms with Crippen LogP contribution in [0.3, 0.4) is 0 Å². The van der Waals surface area contributed by atoms with Gasteiger partial charge in [0.15, 0.2) is 0 Å². The van der Waals surface area contributed by atoms with Gasteiger partial charge in [0, 0.05) is 6.07 Å². The zero-order valence-electron chi connectivity index (χ0n) is 9.86. The molecule has 1 unspecified atom stereocenters. The van der Waals surface area contributed by atoms with E-state index in [1.54, 1.807) is 12.1 Å². The first-order chi connectivity index (χ1) is 8.12. The molecule has 0 aromatic heterocycles. The Morgan fingerprint density at radius 3 is 2.82 bits per heavy atom. The van der Waals surface area contributed by atoms with E-state index in [-0.39, 0.29) is 11.6 Å². The van der Waals surface area contributed by atoms with E-state index < -0.39 is 5.97 Å². The number of carboxylic acids is 1. The molecule has 1 aromatic carbocycles. The molecule has 0 amide bonds. The number of ether oxygens (including phenoxy) is 1. The van der Waals surface area contributed by atoms with Crippen molar-refractivity contribution in [2.45, 2.75) is 19.4 Å². The highest BCUT2D eigenvalue weighted by Gasteiger charge is 2.13. The number of anilines is 1. The third kappa shape index (κ3) is 3.15. The molecule has 1 rings (SSSR count). The summed E-state index contributed by atoms with van der Waals surface area (Å²) in [5.74, 6) is 2.15. The first kappa shape index (κ1) is 12.9. The van der Waals surface area contributed by atoms with Crippen LogP contribution in [0.1, 0.15) is 23.7 Å². The van der Waals surface area contributed by atoms with Gasteiger partial charge in [0.25, 0.3) is 0 Å². The number of nitrogens with one attached hydrogen (secondary N) is 1. The van der Waals surface area contributed by atoms with Gasteiger partial charge in [-0.2, -0.15) is 0 Å². The average Bonchev–Trinajstić information content (AvgIpc) is 2.35. The Bertz CT molecular complexity index is 448. The van der Waals surface area contributed by atoms with Crippen LogP contribution in [0, 0.1) is 12.3 Å². The van der Waals surface area contributed by atoms with Crippen LogP contribution in [-0.2, 0) is 0 Å². The van der Waals surface area contributed by atoms with Crippen molar-refractivity contribution in [3.8, 4) is 18.1 Å². The summed E-state index contributed by atoms with van der Waals surface area (Å²) in [5, 5.41) is 12.1. The molecular weight excluding hydrogens is 218 g/mol. The van der Waals surface area contributed by atoms with Crippen LogP contribution < -0.4 is 10.1 Å². The number of benzene rings is 1. The van der Waals surface area contributed by atoms with Crippen molar-refractivity contribution in [2.75, 3.05) is 12.4 Å². The van der Waals surface area contributed by atoms with Crippen molar-refractivity contribution in [2.24, 2.45) is 0 Å². The standard InChI is InChI=1S/C13H15NO3/c1-4-9(5-2)14-12-8-10(17-3)6-7-11(12)13(15)16/h1,6-9,14H,5H2,2-3H3,(H,15,16). The molecule has 2 N–H and O–H groups in total. The molecule has 0 saturated carbocycles. The summed E-state index contributed by atoms with van der Waals surface area (Å²) >= 11 is 0. The highest BCUT2D eigenvalue weighted by Crippen LogP contribution is 2.23. The summed E-state index contributed by atoms with van der Waals surface area (Å²) in [5.41, 5.74) is 0.654. The molecule has 0 saturated heterocycles. The van der Waals surface area contributed by atoms with Crippen LogP contribution in [0.5, 0.6) is 5.75 Å². The number of methoxy groups -OCH3 is 1. The van der Waals surface area contributed by atoms with Crippen molar-refractivity contribution in [3.63, 3.8) is 0 Å². The van der Waals surface area contributed by atoms with Crippen LogP contribution in [0.2, 0.25) is 0 Å². The molecule has 0 aliphatic heterocycles. The van der Waals surface area contributed by atoms with Gasteiger partial charge in [-0.05, 0) is 18.6 Å². The van der Waals surface area contributed by atoms with Crippen molar-refractivity contribution in [1.82, 2.24) is 0 Å². The maximum atomic E-state index is 11.0. The van der Waals surface area contributed by atoms with Gasteiger partial charge in [-0.15, -0.1) is 6.42 Å². The Morgan fingerprint density at radius 1 is 1.65 bits per heavy atom. The Morgan fingerprint density at radius 2 is 2.35 bits per heavy atom. The Kier molecular flexibility index (Phi) is 4.41. The van der Waals surface area contributed by atoms with Gasteiger partial charge in [-0.3, -0.25) is 0 Å². The quantitative estimate of drug-likeness (QED) is 0.765. The molecule has 1 atom stereocenters. The maximum Gasteiger partial charge on any atom is 0.337 e. The number of hydrogen-bond acceptors (Lipinski definition) is 3. The van der Waals surface area contributed by atoms with Crippen LogP contribution in [-0.4, -0.2) is 24.2 Å². The van der Waals surface area contributed by atoms with Crippen molar-refractivity contribution in [1.29, 1.82) is 0 Å². The zero-order valence-corrected chi connectivity index (χ0v) is 9.86. The summed E-state index contributed by atoms with van der Waals surface area (Å²) in [4.78, 5) is 11.0. The van der Waals surface area contributed by atoms with Gasteiger partial charge in [0.1, 0.15) is 5.75 Å². The van der Waals surface area contributed by atoms with E-state index in [0.29, 0.717) is 17.9 Å². The lowest BCUT2D eigenvalue weighted by atomic mass is 10.1. The Labute approximate surface area is 101 Å². The number of carboxylic acid groups (broad SMARTS) is 1. The molecule has 0 bridgehead atoms. The normalized spacial score (nSPS) is 11.4. The molecule has 0 aliphatic carbocycles. The summed E-state index contributed by atoms with van der Waals surface area (Å²) < 4.78 is 5.05. The minimum atomic E-state index is -0.998. The molecule has 0 fully saturated rings. The Balaban J connectivity index is 3.09. The summed E-state index contributed by atoms with van der Waals surface area (Å²) in [6, 6.07) is 4.53. The highest BCUT2D eigenvalue weighted by atomic mass is 16.5. The van der Waals surface area contributed by atoms with Gasteiger partial charge in [-0.25, -0.2) is 4.79 Å². The number of hydrogen-bond donors (Lipinski definition) is 2. The largest absolute Gasteiger partial charge is 0.497 e. The fourth-order valence-electron chi connectivity index (χ4n) is 1.41. The van der Waals surface area contributed by atoms with E-state index in [1.165, 1.54) is 13.2 Å².